The summed E-state index contributed by atoms with van der Waals surface area (Å²) >= 11 is 0. The molecule has 0 radical (unpaired) electrons. The molecular formula is C8H14O5. The van der Waals surface area contributed by atoms with Crippen LogP contribution in [0.15, 0.2) is 0 Å². The molecule has 0 unspecified atom stereocenters. The van der Waals surface area contributed by atoms with Gasteiger partial charge in [0.25, 0.3) is 0 Å². The average Bonchev–Trinajstić information content (AvgIpc) is 2.90. The maximum atomic E-state index is 9.54. The van der Waals surface area contributed by atoms with Gasteiger partial charge in [-0.05, 0) is 12.8 Å². The molecule has 2 rings (SSSR count). The summed E-state index contributed by atoms with van der Waals surface area (Å²) in [4.78, 5) is 0. The van der Waals surface area contributed by atoms with Gasteiger partial charge in [0.05, 0.1) is 12.2 Å². The normalized spacial score (nSPS) is 48.0. The molecule has 0 aromatic heterocycles. The van der Waals surface area contributed by atoms with Crippen LogP contribution in [-0.4, -0.2) is 57.0 Å². The Balaban J connectivity index is 2.13. The van der Waals surface area contributed by atoms with Gasteiger partial charge in [0.2, 0.25) is 0 Å². The number of ether oxygens (including phenoxy) is 1. The van der Waals surface area contributed by atoms with E-state index in [-0.39, 0.29) is 6.61 Å². The van der Waals surface area contributed by atoms with Gasteiger partial charge < -0.3 is 25.2 Å². The molecule has 4 atom stereocenters. The summed E-state index contributed by atoms with van der Waals surface area (Å²) in [7, 11) is 0. The molecule has 0 bridgehead atoms. The summed E-state index contributed by atoms with van der Waals surface area (Å²) in [5.41, 5.74) is -0.702. The van der Waals surface area contributed by atoms with Crippen LogP contribution in [-0.2, 0) is 4.74 Å². The zero-order valence-corrected chi connectivity index (χ0v) is 7.13. The van der Waals surface area contributed by atoms with Crippen molar-refractivity contribution >= 4 is 0 Å². The second-order valence-corrected chi connectivity index (χ2v) is 3.83. The Morgan fingerprint density at radius 2 is 1.77 bits per heavy atom. The first kappa shape index (κ1) is 9.36. The lowest BCUT2D eigenvalue weighted by atomic mass is 9.94. The van der Waals surface area contributed by atoms with E-state index in [0.29, 0.717) is 12.8 Å². The Labute approximate surface area is 75.6 Å². The molecule has 2 aliphatic rings. The maximum Gasteiger partial charge on any atom is 0.111 e. The predicted octanol–water partition coefficient (Wildman–Crippen LogP) is -2.01. The lowest BCUT2D eigenvalue weighted by molar-refractivity contribution is -0.240. The molecule has 13 heavy (non-hydrogen) atoms. The van der Waals surface area contributed by atoms with Crippen molar-refractivity contribution in [3.05, 3.63) is 0 Å². The topological polar surface area (TPSA) is 90.2 Å². The van der Waals surface area contributed by atoms with Gasteiger partial charge in [-0.1, -0.05) is 0 Å². The van der Waals surface area contributed by atoms with E-state index in [2.05, 4.69) is 0 Å². The molecule has 0 aromatic rings. The summed E-state index contributed by atoms with van der Waals surface area (Å²) in [5, 5.41) is 37.2. The van der Waals surface area contributed by atoms with E-state index in [1.54, 1.807) is 0 Å². The van der Waals surface area contributed by atoms with Crippen LogP contribution >= 0.6 is 0 Å². The lowest BCUT2D eigenvalue weighted by Gasteiger charge is -2.40. The number of hydrogen-bond donors (Lipinski definition) is 4. The minimum absolute atomic E-state index is 0.341. The molecular weight excluding hydrogens is 176 g/mol. The Hall–Kier alpha value is -0.200. The molecule has 5 nitrogen and oxygen atoms in total. The van der Waals surface area contributed by atoms with Gasteiger partial charge >= 0.3 is 0 Å². The molecule has 0 aromatic carbocycles. The van der Waals surface area contributed by atoms with E-state index in [1.165, 1.54) is 0 Å². The highest BCUT2D eigenvalue weighted by Crippen LogP contribution is 2.48. The van der Waals surface area contributed by atoms with Crippen LogP contribution in [0.25, 0.3) is 0 Å². The zero-order valence-electron chi connectivity index (χ0n) is 7.13. The fourth-order valence-electron chi connectivity index (χ4n) is 1.84. The molecule has 2 fully saturated rings. The minimum Gasteiger partial charge on any atom is -0.394 e. The first-order valence-electron chi connectivity index (χ1n) is 4.43. The first-order valence-corrected chi connectivity index (χ1v) is 4.43. The fourth-order valence-corrected chi connectivity index (χ4v) is 1.84. The summed E-state index contributed by atoms with van der Waals surface area (Å²) in [5.74, 6) is 0. The molecule has 0 amide bonds. The molecule has 5 heteroatoms. The molecule has 1 saturated carbocycles. The van der Waals surface area contributed by atoms with Crippen molar-refractivity contribution < 1.29 is 25.2 Å². The largest absolute Gasteiger partial charge is 0.394 e. The highest BCUT2D eigenvalue weighted by atomic mass is 16.6. The third-order valence-electron chi connectivity index (χ3n) is 2.90. The van der Waals surface area contributed by atoms with Crippen molar-refractivity contribution in [2.75, 3.05) is 6.61 Å². The van der Waals surface area contributed by atoms with Crippen LogP contribution in [0.3, 0.4) is 0 Å². The van der Waals surface area contributed by atoms with E-state index < -0.39 is 30.0 Å². The van der Waals surface area contributed by atoms with Crippen LogP contribution < -0.4 is 0 Å². The molecule has 1 heterocycles. The van der Waals surface area contributed by atoms with Crippen LogP contribution in [0.1, 0.15) is 12.8 Å². The van der Waals surface area contributed by atoms with Gasteiger partial charge in [-0.2, -0.15) is 0 Å². The molecule has 76 valence electrons. The second-order valence-electron chi connectivity index (χ2n) is 3.83. The third kappa shape index (κ3) is 1.28. The third-order valence-corrected chi connectivity index (χ3v) is 2.90. The number of aliphatic hydroxyl groups is 4. The van der Waals surface area contributed by atoms with Crippen LogP contribution in [0.2, 0.25) is 0 Å². The number of aliphatic hydroxyl groups excluding tert-OH is 4. The fraction of sp³-hybridized carbons (Fsp3) is 1.00. The number of hydrogen-bond acceptors (Lipinski definition) is 5. The molecule has 4 N–H and O–H groups in total. The average molecular weight is 190 g/mol. The molecule has 1 spiro atoms. The van der Waals surface area contributed by atoms with E-state index in [1.807, 2.05) is 0 Å². The van der Waals surface area contributed by atoms with Gasteiger partial charge in [-0.25, -0.2) is 0 Å². The SMILES string of the molecule is OC[C@H]1OC2(CC2)[C@H](O)[C@@H](O)[C@@H]1O. The van der Waals surface area contributed by atoms with Crippen LogP contribution in [0.4, 0.5) is 0 Å². The Bertz CT molecular complexity index is 201. The van der Waals surface area contributed by atoms with E-state index in [0.717, 1.165) is 0 Å². The van der Waals surface area contributed by atoms with Crippen molar-refractivity contribution in [2.45, 2.75) is 42.9 Å². The quantitative estimate of drug-likeness (QED) is 0.384. The smallest absolute Gasteiger partial charge is 0.111 e. The summed E-state index contributed by atoms with van der Waals surface area (Å²) in [6.45, 7) is -0.341. The van der Waals surface area contributed by atoms with Gasteiger partial charge in [0, 0.05) is 0 Å². The van der Waals surface area contributed by atoms with Crippen LogP contribution in [0, 0.1) is 0 Å². The molecule has 1 aliphatic carbocycles. The van der Waals surface area contributed by atoms with Gasteiger partial charge in [-0.15, -0.1) is 0 Å². The van der Waals surface area contributed by atoms with E-state index in [4.69, 9.17) is 9.84 Å². The predicted molar refractivity (Wildman–Crippen MR) is 41.9 cm³/mol. The van der Waals surface area contributed by atoms with Gasteiger partial charge in [0.15, 0.2) is 0 Å². The van der Waals surface area contributed by atoms with Gasteiger partial charge in [0.1, 0.15) is 24.4 Å². The zero-order chi connectivity index (χ0) is 9.64. The van der Waals surface area contributed by atoms with Crippen LogP contribution in [0.5, 0.6) is 0 Å². The Morgan fingerprint density at radius 3 is 2.23 bits per heavy atom. The molecule has 1 aliphatic heterocycles. The van der Waals surface area contributed by atoms with E-state index >= 15 is 0 Å². The Kier molecular flexibility index (Phi) is 2.08. The summed E-state index contributed by atoms with van der Waals surface area (Å²) in [6.07, 6.45) is -2.88. The van der Waals surface area contributed by atoms with Crippen molar-refractivity contribution in [1.29, 1.82) is 0 Å². The van der Waals surface area contributed by atoms with Crippen molar-refractivity contribution in [1.82, 2.24) is 0 Å². The first-order chi connectivity index (χ1) is 6.10. The number of rotatable bonds is 1. The van der Waals surface area contributed by atoms with Crippen molar-refractivity contribution in [2.24, 2.45) is 0 Å². The van der Waals surface area contributed by atoms with E-state index in [9.17, 15) is 15.3 Å². The highest BCUT2D eigenvalue weighted by Gasteiger charge is 2.60. The van der Waals surface area contributed by atoms with Crippen molar-refractivity contribution in [3.63, 3.8) is 0 Å². The Morgan fingerprint density at radius 1 is 1.15 bits per heavy atom. The maximum absolute atomic E-state index is 9.54. The van der Waals surface area contributed by atoms with Crippen molar-refractivity contribution in [3.8, 4) is 0 Å². The molecule has 1 saturated heterocycles. The minimum atomic E-state index is -1.21. The monoisotopic (exact) mass is 190 g/mol. The summed E-state index contributed by atoms with van der Waals surface area (Å²) < 4.78 is 5.32. The summed E-state index contributed by atoms with van der Waals surface area (Å²) in [6, 6.07) is 0. The van der Waals surface area contributed by atoms with Gasteiger partial charge in [-0.3, -0.25) is 0 Å². The lowest BCUT2D eigenvalue weighted by Crippen LogP contribution is -2.59. The highest BCUT2D eigenvalue weighted by molar-refractivity contribution is 5.10. The standard InChI is InChI=1S/C8H14O5/c9-3-4-5(10)6(11)7(12)8(13-4)1-2-8/h4-7,9-12H,1-3H2/t4-,5-,6+,7-/m1/s1. The second kappa shape index (κ2) is 2.90.